The molecule has 6 rings (SSSR count). The van der Waals surface area contributed by atoms with Gasteiger partial charge in [0.05, 0.1) is 18.7 Å². The molecule has 3 aliphatic carbocycles. The number of aliphatic hydroxyl groups is 3. The number of methoxy groups -OCH3 is 1. The number of ether oxygens (including phenoxy) is 1. The van der Waals surface area contributed by atoms with E-state index in [4.69, 9.17) is 10.5 Å². The first-order valence-corrected chi connectivity index (χ1v) is 15.8. The number of rotatable bonds is 9. The van der Waals surface area contributed by atoms with Crippen LogP contribution in [0.25, 0.3) is 11.1 Å². The molecule has 0 heterocycles. The smallest absolute Gasteiger partial charge is 0.255 e. The van der Waals surface area contributed by atoms with Gasteiger partial charge in [-0.1, -0.05) is 42.5 Å². The summed E-state index contributed by atoms with van der Waals surface area (Å²) in [4.78, 5) is 41.5. The van der Waals surface area contributed by atoms with E-state index in [1.54, 1.807) is 27.3 Å². The van der Waals surface area contributed by atoms with Gasteiger partial charge in [-0.3, -0.25) is 19.3 Å². The molecule has 48 heavy (non-hydrogen) atoms. The van der Waals surface area contributed by atoms with Gasteiger partial charge in [-0.2, -0.15) is 0 Å². The highest BCUT2D eigenvalue weighted by molar-refractivity contribution is 6.25. The molecular formula is C37H39N3O8. The molecule has 0 unspecified atom stereocenters. The lowest BCUT2D eigenvalue weighted by Crippen LogP contribution is -2.63. The van der Waals surface area contributed by atoms with E-state index in [9.17, 15) is 34.8 Å². The number of aliphatic hydroxyl groups excluding tert-OH is 2. The molecule has 1 amide bonds. The van der Waals surface area contributed by atoms with Crippen molar-refractivity contribution >= 4 is 17.5 Å². The van der Waals surface area contributed by atoms with E-state index in [0.717, 1.165) is 18.5 Å². The van der Waals surface area contributed by atoms with E-state index in [2.05, 4.69) is 17.4 Å². The fourth-order valence-corrected chi connectivity index (χ4v) is 7.69. The van der Waals surface area contributed by atoms with Gasteiger partial charge in [0, 0.05) is 23.6 Å². The Morgan fingerprint density at radius 1 is 1.02 bits per heavy atom. The maximum Gasteiger partial charge on any atom is 0.255 e. The molecule has 0 radical (unpaired) electrons. The first kappa shape index (κ1) is 33.0. The molecule has 0 bridgehead atoms. The number of likely N-dealkylation sites (N-methyl/N-ethyl adjacent to an activating group) is 1. The van der Waals surface area contributed by atoms with E-state index >= 15 is 0 Å². The summed E-state index contributed by atoms with van der Waals surface area (Å²) in [6.07, 6.45) is 1.04. The van der Waals surface area contributed by atoms with Crippen LogP contribution in [0.2, 0.25) is 0 Å². The molecule has 0 fully saturated rings. The van der Waals surface area contributed by atoms with Gasteiger partial charge < -0.3 is 36.2 Å². The first-order valence-electron chi connectivity index (χ1n) is 15.8. The van der Waals surface area contributed by atoms with Gasteiger partial charge in [-0.25, -0.2) is 0 Å². The third-order valence-electron chi connectivity index (χ3n) is 9.92. The van der Waals surface area contributed by atoms with Crippen molar-refractivity contribution in [2.75, 3.05) is 27.7 Å². The van der Waals surface area contributed by atoms with Crippen molar-refractivity contribution in [2.24, 2.45) is 17.6 Å². The Morgan fingerprint density at radius 2 is 1.75 bits per heavy atom. The van der Waals surface area contributed by atoms with Crippen molar-refractivity contribution in [3.05, 3.63) is 106 Å². The Hall–Kier alpha value is -4.97. The Morgan fingerprint density at radius 3 is 2.42 bits per heavy atom. The fraction of sp³-hybridized carbons (Fsp3) is 0.324. The summed E-state index contributed by atoms with van der Waals surface area (Å²) in [5.74, 6) is -6.33. The van der Waals surface area contributed by atoms with Gasteiger partial charge in [0.25, 0.3) is 5.91 Å². The van der Waals surface area contributed by atoms with E-state index < -0.39 is 58.0 Å². The minimum Gasteiger partial charge on any atom is -0.510 e. The van der Waals surface area contributed by atoms with Crippen LogP contribution in [0.15, 0.2) is 83.3 Å². The summed E-state index contributed by atoms with van der Waals surface area (Å²) in [5, 5.41) is 48.9. The number of hydrogen-bond acceptors (Lipinski definition) is 10. The number of ketones is 2. The molecule has 4 atom stereocenters. The number of Topliss-reactive ketones (excluding diaryl/α,β-unsaturated/α-hetero) is 2. The highest BCUT2D eigenvalue weighted by atomic mass is 16.5. The van der Waals surface area contributed by atoms with E-state index in [1.807, 2.05) is 36.4 Å². The number of nitrogens with zero attached hydrogens (tertiary/aromatic N) is 1. The monoisotopic (exact) mass is 653 g/mol. The molecule has 3 aromatic rings. The summed E-state index contributed by atoms with van der Waals surface area (Å²) in [6, 6.07) is 18.0. The van der Waals surface area contributed by atoms with Crippen LogP contribution in [-0.4, -0.2) is 82.2 Å². The summed E-state index contributed by atoms with van der Waals surface area (Å²) in [7, 11) is 4.75. The standard InChI is InChI=1S/C37H39N3O8/c1-40(2)31-25-17-21-16-24-22(23-15-20(9-12-27(23)48-3)18-39-14-13-19-7-5-4-6-8-19)10-11-26(41)29(24)32(42)28(21)34(44)37(25,47)35(45)30(33(31)43)36(38)46/h4-12,15,21,25,31,39,41,43-44,47H,13-14,16-18H2,1-3H3,(H2,38,46)/t21-,25-,31-,37-/m1/s1. The maximum absolute atomic E-state index is 14.2. The summed E-state index contributed by atoms with van der Waals surface area (Å²) >= 11 is 0. The van der Waals surface area contributed by atoms with Crippen LogP contribution in [-0.2, 0) is 29.0 Å². The molecule has 11 nitrogen and oxygen atoms in total. The van der Waals surface area contributed by atoms with E-state index in [1.165, 1.54) is 16.5 Å². The van der Waals surface area contributed by atoms with Crippen LogP contribution < -0.4 is 15.8 Å². The lowest BCUT2D eigenvalue weighted by atomic mass is 9.58. The normalized spacial score (nSPS) is 23.6. The number of phenols is 1. The zero-order valence-electron chi connectivity index (χ0n) is 27.0. The van der Waals surface area contributed by atoms with Gasteiger partial charge in [0.2, 0.25) is 5.78 Å². The van der Waals surface area contributed by atoms with Crippen molar-refractivity contribution in [2.45, 2.75) is 37.5 Å². The highest BCUT2D eigenvalue weighted by Gasteiger charge is 2.63. The molecular weight excluding hydrogens is 614 g/mol. The number of allylic oxidation sites excluding steroid dienone is 1. The Bertz CT molecular complexity index is 1880. The largest absolute Gasteiger partial charge is 0.510 e. The van der Waals surface area contributed by atoms with Crippen LogP contribution >= 0.6 is 0 Å². The molecule has 11 heteroatoms. The number of nitrogens with two attached hydrogens (primary N) is 1. The zero-order valence-corrected chi connectivity index (χ0v) is 27.0. The number of hydrogen-bond donors (Lipinski definition) is 6. The van der Waals surface area contributed by atoms with E-state index in [0.29, 0.717) is 29.0 Å². The number of phenolic OH excluding ortho intramolecular Hbond substituents is 1. The second-order valence-corrected chi connectivity index (χ2v) is 12.9. The number of benzene rings is 3. The molecule has 3 aliphatic rings. The van der Waals surface area contributed by atoms with Crippen molar-refractivity contribution in [1.29, 1.82) is 0 Å². The Kier molecular flexibility index (Phi) is 8.63. The van der Waals surface area contributed by atoms with Crippen molar-refractivity contribution in [1.82, 2.24) is 10.2 Å². The zero-order chi connectivity index (χ0) is 34.5. The van der Waals surface area contributed by atoms with Crippen LogP contribution in [0, 0.1) is 11.8 Å². The lowest BCUT2D eigenvalue weighted by Gasteiger charge is -2.50. The van der Waals surface area contributed by atoms with Crippen molar-refractivity contribution in [3.8, 4) is 22.6 Å². The van der Waals surface area contributed by atoms with Crippen LogP contribution in [0.1, 0.15) is 33.5 Å². The first-order chi connectivity index (χ1) is 22.9. The van der Waals surface area contributed by atoms with Crippen LogP contribution in [0.4, 0.5) is 0 Å². The lowest BCUT2D eigenvalue weighted by molar-refractivity contribution is -0.148. The average molecular weight is 654 g/mol. The molecule has 0 saturated carbocycles. The van der Waals surface area contributed by atoms with Crippen molar-refractivity contribution < 1.29 is 39.5 Å². The highest BCUT2D eigenvalue weighted by Crippen LogP contribution is 2.53. The third-order valence-corrected chi connectivity index (χ3v) is 9.92. The van der Waals surface area contributed by atoms with Crippen LogP contribution in [0.3, 0.4) is 0 Å². The SMILES string of the molecule is COc1ccc(CNCCc2ccccc2)cc1-c1ccc(O)c2c1C[C@@H]1C[C@@H]3[C@@H](N(C)C)C(O)=C(C(N)=O)C(=O)[C@]3(O)C(O)=C1C2=O. The predicted octanol–water partition coefficient (Wildman–Crippen LogP) is 3.13. The second kappa shape index (κ2) is 12.6. The minimum atomic E-state index is -2.69. The minimum absolute atomic E-state index is 0.00334. The molecule has 3 aromatic carbocycles. The van der Waals surface area contributed by atoms with Gasteiger partial charge >= 0.3 is 0 Å². The van der Waals surface area contributed by atoms with Gasteiger partial charge in [-0.05, 0) is 86.3 Å². The maximum atomic E-state index is 14.2. The average Bonchev–Trinajstić information content (AvgIpc) is 3.05. The number of amides is 1. The molecule has 250 valence electrons. The van der Waals surface area contributed by atoms with E-state index in [-0.39, 0.29) is 29.7 Å². The van der Waals surface area contributed by atoms with Crippen molar-refractivity contribution in [3.63, 3.8) is 0 Å². The number of aromatic hydroxyl groups is 1. The number of fused-ring (bicyclic) bond motifs is 3. The number of nitrogens with one attached hydrogen (secondary N) is 1. The summed E-state index contributed by atoms with van der Waals surface area (Å²) < 4.78 is 5.72. The fourth-order valence-electron chi connectivity index (χ4n) is 7.69. The van der Waals surface area contributed by atoms with Gasteiger partial charge in [-0.15, -0.1) is 0 Å². The van der Waals surface area contributed by atoms with Crippen LogP contribution in [0.5, 0.6) is 11.5 Å². The molecule has 0 saturated heterocycles. The molecule has 7 N–H and O–H groups in total. The predicted molar refractivity (Wildman–Crippen MR) is 178 cm³/mol. The van der Waals surface area contributed by atoms with Gasteiger partial charge in [0.15, 0.2) is 11.4 Å². The quantitative estimate of drug-likeness (QED) is 0.148. The molecule has 0 spiro atoms. The number of primary amides is 1. The Balaban J connectivity index is 1.39. The topological polar surface area (TPSA) is 183 Å². The number of carbonyl (C=O) groups is 3. The molecule has 0 aromatic heterocycles. The van der Waals surface area contributed by atoms with Gasteiger partial charge in [0.1, 0.15) is 28.6 Å². The number of carbonyl (C=O) groups excluding carboxylic acids is 3. The summed E-state index contributed by atoms with van der Waals surface area (Å²) in [6.45, 7) is 1.35. The summed E-state index contributed by atoms with van der Waals surface area (Å²) in [5.41, 5.74) is 5.74. The molecule has 0 aliphatic heterocycles. The third kappa shape index (κ3) is 5.24. The second-order valence-electron chi connectivity index (χ2n) is 12.9. The Labute approximate surface area is 278 Å².